The van der Waals surface area contributed by atoms with Gasteiger partial charge in [-0.05, 0) is 38.9 Å². The first-order valence-electron chi connectivity index (χ1n) is 6.81. The Kier molecular flexibility index (Phi) is 5.40. The van der Waals surface area contributed by atoms with E-state index in [4.69, 9.17) is 0 Å². The lowest BCUT2D eigenvalue weighted by Crippen LogP contribution is -2.60. The first kappa shape index (κ1) is 14.5. The Morgan fingerprint density at radius 3 is 2.12 bits per heavy atom. The van der Waals surface area contributed by atoms with Crippen LogP contribution < -0.4 is 0 Å². The number of carbonyl (C=O) groups is 1. The largest absolute Gasteiger partial charge is 0.480 e. The molecule has 4 nitrogen and oxygen atoms in total. The highest BCUT2D eigenvalue weighted by Gasteiger charge is 2.45. The van der Waals surface area contributed by atoms with Crippen molar-refractivity contribution < 1.29 is 9.90 Å². The Bertz CT molecular complexity index is 244. The Balaban J connectivity index is 2.73. The van der Waals surface area contributed by atoms with Crippen LogP contribution in [-0.2, 0) is 4.79 Å². The van der Waals surface area contributed by atoms with Crippen LogP contribution in [0.4, 0.5) is 0 Å². The summed E-state index contributed by atoms with van der Waals surface area (Å²) in [5.41, 5.74) is -0.617. The van der Waals surface area contributed by atoms with E-state index in [2.05, 4.69) is 16.7 Å². The molecule has 17 heavy (non-hydrogen) atoms. The van der Waals surface area contributed by atoms with Gasteiger partial charge >= 0.3 is 5.97 Å². The molecule has 0 unspecified atom stereocenters. The monoisotopic (exact) mass is 242 g/mol. The lowest BCUT2D eigenvalue weighted by molar-refractivity contribution is -0.155. The number of likely N-dealkylation sites (tertiary alicyclic amines) is 1. The summed E-state index contributed by atoms with van der Waals surface area (Å²) in [6.07, 6.45) is 2.65. The summed E-state index contributed by atoms with van der Waals surface area (Å²) in [6, 6.07) is 0. The van der Waals surface area contributed by atoms with Gasteiger partial charge in [-0.3, -0.25) is 9.69 Å². The van der Waals surface area contributed by atoms with E-state index < -0.39 is 11.5 Å². The van der Waals surface area contributed by atoms with Gasteiger partial charge in [0, 0.05) is 13.1 Å². The minimum absolute atomic E-state index is 0.617. The number of nitrogens with zero attached hydrogens (tertiary/aromatic N) is 2. The van der Waals surface area contributed by atoms with Gasteiger partial charge in [0.05, 0.1) is 0 Å². The van der Waals surface area contributed by atoms with Gasteiger partial charge in [0.2, 0.25) is 0 Å². The third-order valence-corrected chi connectivity index (χ3v) is 3.99. The van der Waals surface area contributed by atoms with Gasteiger partial charge in [-0.25, -0.2) is 0 Å². The van der Waals surface area contributed by atoms with Crippen LogP contribution in [0.3, 0.4) is 0 Å². The number of carboxylic acids is 1. The molecule has 1 aliphatic heterocycles. The molecule has 4 heteroatoms. The lowest BCUT2D eigenvalue weighted by Gasteiger charge is -2.45. The lowest BCUT2D eigenvalue weighted by atomic mass is 9.85. The summed E-state index contributed by atoms with van der Waals surface area (Å²) in [6.45, 7) is 10.8. The van der Waals surface area contributed by atoms with Crippen LogP contribution in [0.5, 0.6) is 0 Å². The fraction of sp³-hybridized carbons (Fsp3) is 0.923. The quantitative estimate of drug-likeness (QED) is 0.769. The van der Waals surface area contributed by atoms with Crippen molar-refractivity contribution in [1.29, 1.82) is 0 Å². The van der Waals surface area contributed by atoms with Crippen molar-refractivity contribution in [1.82, 2.24) is 9.80 Å². The molecule has 0 aromatic heterocycles. The van der Waals surface area contributed by atoms with E-state index in [-0.39, 0.29) is 0 Å². The number of hydrogen-bond donors (Lipinski definition) is 1. The zero-order chi connectivity index (χ0) is 12.9. The van der Waals surface area contributed by atoms with E-state index in [0.717, 1.165) is 52.0 Å². The maximum absolute atomic E-state index is 11.6. The standard InChI is InChI=1S/C13H26N2O2/c1-4-9-14-10-7-13(8-11-14,12(16)17)15(5-2)6-3/h4-11H2,1-3H3,(H,16,17). The Morgan fingerprint density at radius 1 is 1.24 bits per heavy atom. The molecule has 0 saturated carbocycles. The number of likely N-dealkylation sites (N-methyl/N-ethyl adjacent to an activating group) is 1. The van der Waals surface area contributed by atoms with Gasteiger partial charge in [0.15, 0.2) is 0 Å². The molecule has 0 amide bonds. The molecular formula is C13H26N2O2. The number of aliphatic carboxylic acids is 1. The van der Waals surface area contributed by atoms with Gasteiger partial charge in [0.25, 0.3) is 0 Å². The second kappa shape index (κ2) is 6.36. The summed E-state index contributed by atoms with van der Waals surface area (Å²) < 4.78 is 0. The van der Waals surface area contributed by atoms with Crippen LogP contribution in [0.15, 0.2) is 0 Å². The molecule has 0 aliphatic carbocycles. The molecule has 0 bridgehead atoms. The Hall–Kier alpha value is -0.610. The molecule has 0 spiro atoms. The number of carboxylic acid groups (broad SMARTS) is 1. The fourth-order valence-electron chi connectivity index (χ4n) is 2.96. The Morgan fingerprint density at radius 2 is 1.76 bits per heavy atom. The van der Waals surface area contributed by atoms with Gasteiger partial charge < -0.3 is 10.0 Å². The summed E-state index contributed by atoms with van der Waals surface area (Å²) in [5.74, 6) is -0.641. The molecule has 100 valence electrons. The van der Waals surface area contributed by atoms with Crippen molar-refractivity contribution in [2.24, 2.45) is 0 Å². The van der Waals surface area contributed by atoms with Crippen molar-refractivity contribution >= 4 is 5.97 Å². The number of piperidine rings is 1. The van der Waals surface area contributed by atoms with Crippen molar-refractivity contribution in [3.63, 3.8) is 0 Å². The van der Waals surface area contributed by atoms with Crippen LogP contribution >= 0.6 is 0 Å². The molecule has 0 radical (unpaired) electrons. The van der Waals surface area contributed by atoms with Crippen molar-refractivity contribution in [2.75, 3.05) is 32.7 Å². The molecule has 1 saturated heterocycles. The van der Waals surface area contributed by atoms with Gasteiger partial charge in [-0.2, -0.15) is 0 Å². The maximum Gasteiger partial charge on any atom is 0.324 e. The van der Waals surface area contributed by atoms with Gasteiger partial charge in [-0.15, -0.1) is 0 Å². The second-order valence-electron chi connectivity index (χ2n) is 4.85. The topological polar surface area (TPSA) is 43.8 Å². The van der Waals surface area contributed by atoms with E-state index in [1.54, 1.807) is 0 Å². The highest BCUT2D eigenvalue weighted by Crippen LogP contribution is 2.29. The predicted octanol–water partition coefficient (Wildman–Crippen LogP) is 1.66. The summed E-state index contributed by atoms with van der Waals surface area (Å²) >= 11 is 0. The predicted molar refractivity (Wildman–Crippen MR) is 69.3 cm³/mol. The maximum atomic E-state index is 11.6. The van der Waals surface area contributed by atoms with Crippen molar-refractivity contribution in [3.05, 3.63) is 0 Å². The first-order valence-corrected chi connectivity index (χ1v) is 6.81. The van der Waals surface area contributed by atoms with Crippen LogP contribution in [0.25, 0.3) is 0 Å². The van der Waals surface area contributed by atoms with Crippen LogP contribution in [0, 0.1) is 0 Å². The number of hydrogen-bond acceptors (Lipinski definition) is 3. The highest BCUT2D eigenvalue weighted by atomic mass is 16.4. The molecule has 0 atom stereocenters. The summed E-state index contributed by atoms with van der Waals surface area (Å²) in [7, 11) is 0. The zero-order valence-electron chi connectivity index (χ0n) is 11.4. The minimum Gasteiger partial charge on any atom is -0.480 e. The molecule has 1 N–H and O–H groups in total. The van der Waals surface area contributed by atoms with Crippen molar-refractivity contribution in [3.8, 4) is 0 Å². The third-order valence-electron chi connectivity index (χ3n) is 3.99. The molecule has 0 aromatic carbocycles. The van der Waals surface area contributed by atoms with E-state index >= 15 is 0 Å². The molecular weight excluding hydrogens is 216 g/mol. The third kappa shape index (κ3) is 2.99. The van der Waals surface area contributed by atoms with Crippen molar-refractivity contribution in [2.45, 2.75) is 45.6 Å². The molecule has 1 fully saturated rings. The molecule has 1 rings (SSSR count). The normalized spacial score (nSPS) is 20.7. The molecule has 1 heterocycles. The fourth-order valence-corrected chi connectivity index (χ4v) is 2.96. The van der Waals surface area contributed by atoms with E-state index in [0.29, 0.717) is 0 Å². The first-order chi connectivity index (χ1) is 8.10. The van der Waals surface area contributed by atoms with Crippen LogP contribution in [0.1, 0.15) is 40.0 Å². The average Bonchev–Trinajstić information content (AvgIpc) is 2.33. The zero-order valence-corrected chi connectivity index (χ0v) is 11.4. The highest BCUT2D eigenvalue weighted by molar-refractivity contribution is 5.79. The summed E-state index contributed by atoms with van der Waals surface area (Å²) in [4.78, 5) is 16.1. The van der Waals surface area contributed by atoms with Gasteiger partial charge in [-0.1, -0.05) is 20.8 Å². The smallest absolute Gasteiger partial charge is 0.324 e. The van der Waals surface area contributed by atoms with Crippen LogP contribution in [0.2, 0.25) is 0 Å². The average molecular weight is 242 g/mol. The summed E-state index contributed by atoms with van der Waals surface area (Å²) in [5, 5.41) is 9.58. The van der Waals surface area contributed by atoms with Gasteiger partial charge in [0.1, 0.15) is 5.54 Å². The van der Waals surface area contributed by atoms with E-state index in [1.807, 2.05) is 13.8 Å². The van der Waals surface area contributed by atoms with E-state index in [1.165, 1.54) is 0 Å². The minimum atomic E-state index is -0.641. The second-order valence-corrected chi connectivity index (χ2v) is 4.85. The Labute approximate surface area is 105 Å². The number of rotatable bonds is 6. The van der Waals surface area contributed by atoms with E-state index in [9.17, 15) is 9.90 Å². The SMILES string of the molecule is CCCN1CCC(C(=O)O)(N(CC)CC)CC1. The van der Waals surface area contributed by atoms with Crippen LogP contribution in [-0.4, -0.2) is 59.1 Å². The molecule has 0 aromatic rings. The molecule has 1 aliphatic rings.